The molecule has 1 amide bonds. The molecule has 0 heterocycles. The largest absolute Gasteiger partial charge is 0.312 e. The summed E-state index contributed by atoms with van der Waals surface area (Å²) in [5.41, 5.74) is 0.641. The number of carbonyl (C=O) groups is 1. The van der Waals surface area contributed by atoms with Crippen LogP contribution < -0.4 is 4.90 Å². The summed E-state index contributed by atoms with van der Waals surface area (Å²) in [6.45, 7) is 1.86. The van der Waals surface area contributed by atoms with Crippen molar-refractivity contribution in [2.45, 2.75) is 11.8 Å². The number of anilines is 1. The molecule has 0 unspecified atom stereocenters. The van der Waals surface area contributed by atoms with E-state index >= 15 is 0 Å². The maximum absolute atomic E-state index is 11.8. The van der Waals surface area contributed by atoms with Gasteiger partial charge in [0.15, 0.2) is 9.84 Å². The van der Waals surface area contributed by atoms with Gasteiger partial charge in [-0.3, -0.25) is 4.79 Å². The summed E-state index contributed by atoms with van der Waals surface area (Å²) < 4.78 is 22.6. The number of benzene rings is 1. The van der Waals surface area contributed by atoms with E-state index in [0.29, 0.717) is 5.69 Å². The molecule has 0 fully saturated rings. The van der Waals surface area contributed by atoms with E-state index in [1.54, 1.807) is 31.3 Å². The maximum atomic E-state index is 11.8. The van der Waals surface area contributed by atoms with Crippen molar-refractivity contribution in [2.75, 3.05) is 18.2 Å². The number of likely N-dealkylation sites (N-methyl/N-ethyl adjacent to an activating group) is 1. The van der Waals surface area contributed by atoms with Gasteiger partial charge in [-0.05, 0) is 31.2 Å². The second-order valence-electron chi connectivity index (χ2n) is 4.05. The number of hydrogen-bond acceptors (Lipinski definition) is 3. The van der Waals surface area contributed by atoms with E-state index in [1.165, 1.54) is 23.1 Å². The van der Waals surface area contributed by atoms with Crippen LogP contribution in [0.15, 0.2) is 53.5 Å². The molecule has 0 N–H and O–H groups in total. The number of hydrogen-bond donors (Lipinski definition) is 0. The molecule has 1 aromatic rings. The highest BCUT2D eigenvalue weighted by atomic mass is 32.2. The minimum atomic E-state index is -3.21. The van der Waals surface area contributed by atoms with Crippen LogP contribution >= 0.6 is 0 Å². The molecule has 0 aliphatic rings. The van der Waals surface area contributed by atoms with Crippen LogP contribution in [0.25, 0.3) is 0 Å². The van der Waals surface area contributed by atoms with Crippen molar-refractivity contribution >= 4 is 21.4 Å². The van der Waals surface area contributed by atoms with E-state index in [9.17, 15) is 13.2 Å². The first-order chi connectivity index (χ1) is 8.86. The van der Waals surface area contributed by atoms with Crippen molar-refractivity contribution < 1.29 is 13.2 Å². The van der Waals surface area contributed by atoms with Crippen molar-refractivity contribution in [1.29, 1.82) is 0 Å². The predicted molar refractivity (Wildman–Crippen MR) is 76.9 cm³/mol. The number of sulfone groups is 1. The van der Waals surface area contributed by atoms with Gasteiger partial charge in [-0.2, -0.15) is 0 Å². The molecule has 0 atom stereocenters. The van der Waals surface area contributed by atoms with Crippen LogP contribution in [-0.4, -0.2) is 27.6 Å². The lowest BCUT2D eigenvalue weighted by molar-refractivity contribution is -0.113. The van der Waals surface area contributed by atoms with Crippen LogP contribution in [0.3, 0.4) is 0 Å². The smallest absolute Gasteiger partial charge is 0.250 e. The maximum Gasteiger partial charge on any atom is 0.250 e. The minimum absolute atomic E-state index is 0.176. The summed E-state index contributed by atoms with van der Waals surface area (Å²) in [7, 11) is -1.57. The molecule has 0 aliphatic carbocycles. The van der Waals surface area contributed by atoms with Crippen LogP contribution in [0.1, 0.15) is 6.92 Å². The first-order valence-corrected chi connectivity index (χ1v) is 7.62. The van der Waals surface area contributed by atoms with Crippen LogP contribution in [0.4, 0.5) is 5.69 Å². The quantitative estimate of drug-likeness (QED) is 0.627. The van der Waals surface area contributed by atoms with Gasteiger partial charge in [-0.25, -0.2) is 8.42 Å². The summed E-state index contributed by atoms with van der Waals surface area (Å²) in [5, 5.41) is 0. The summed E-state index contributed by atoms with van der Waals surface area (Å²) in [4.78, 5) is 13.5. The van der Waals surface area contributed by atoms with Gasteiger partial charge in [0, 0.05) is 25.1 Å². The van der Waals surface area contributed by atoms with E-state index in [4.69, 9.17) is 0 Å². The molecule has 0 radical (unpaired) electrons. The normalized spacial score (nSPS) is 12.2. The molecule has 19 heavy (non-hydrogen) atoms. The Morgan fingerprint density at radius 3 is 2.21 bits per heavy atom. The first kappa shape index (κ1) is 15.2. The summed E-state index contributed by atoms with van der Waals surface area (Å²) in [6.07, 6.45) is 7.84. The van der Waals surface area contributed by atoms with E-state index in [0.717, 1.165) is 6.26 Å². The minimum Gasteiger partial charge on any atom is -0.312 e. The Bertz CT molecular complexity index is 598. The van der Waals surface area contributed by atoms with Gasteiger partial charge in [0.25, 0.3) is 5.91 Å². The Hall–Kier alpha value is -1.88. The molecule has 102 valence electrons. The lowest BCUT2D eigenvalue weighted by atomic mass is 10.3. The van der Waals surface area contributed by atoms with Gasteiger partial charge < -0.3 is 4.90 Å². The number of nitrogens with zero attached hydrogens (tertiary/aromatic N) is 1. The fourth-order valence-electron chi connectivity index (χ4n) is 1.40. The van der Waals surface area contributed by atoms with Gasteiger partial charge >= 0.3 is 0 Å². The van der Waals surface area contributed by atoms with Gasteiger partial charge in [0.05, 0.1) is 4.90 Å². The van der Waals surface area contributed by atoms with Crippen LogP contribution in [-0.2, 0) is 14.6 Å². The molecule has 0 aliphatic heterocycles. The monoisotopic (exact) mass is 279 g/mol. The first-order valence-electron chi connectivity index (χ1n) is 5.73. The summed E-state index contributed by atoms with van der Waals surface area (Å²) in [6, 6.07) is 6.20. The Labute approximate surface area is 114 Å². The van der Waals surface area contributed by atoms with Crippen LogP contribution in [0, 0.1) is 0 Å². The van der Waals surface area contributed by atoms with Crippen LogP contribution in [0.2, 0.25) is 0 Å². The molecular weight excluding hydrogens is 262 g/mol. The SMILES string of the molecule is C/C=C/C=C\C(=O)N(C)c1ccc(S(C)(=O)=O)cc1. The van der Waals surface area contributed by atoms with Crippen molar-refractivity contribution in [1.82, 2.24) is 0 Å². The van der Waals surface area contributed by atoms with E-state index in [1.807, 2.05) is 13.0 Å². The van der Waals surface area contributed by atoms with Gasteiger partial charge in [-0.1, -0.05) is 18.2 Å². The number of allylic oxidation sites excluding steroid dienone is 3. The van der Waals surface area contributed by atoms with Crippen molar-refractivity contribution in [3.63, 3.8) is 0 Å². The Morgan fingerprint density at radius 2 is 1.74 bits per heavy atom. The van der Waals surface area contributed by atoms with Gasteiger partial charge in [0.1, 0.15) is 0 Å². The molecule has 0 aromatic heterocycles. The molecular formula is C14H17NO3S. The zero-order valence-electron chi connectivity index (χ0n) is 11.2. The summed E-state index contributed by atoms with van der Waals surface area (Å²) in [5.74, 6) is -0.176. The Kier molecular flexibility index (Phi) is 5.06. The summed E-state index contributed by atoms with van der Waals surface area (Å²) >= 11 is 0. The number of amides is 1. The second kappa shape index (κ2) is 6.33. The third kappa shape index (κ3) is 4.37. The number of rotatable bonds is 4. The third-order valence-electron chi connectivity index (χ3n) is 2.53. The number of carbonyl (C=O) groups excluding carboxylic acids is 1. The lowest BCUT2D eigenvalue weighted by Gasteiger charge is -2.15. The molecule has 0 saturated carbocycles. The zero-order chi connectivity index (χ0) is 14.5. The van der Waals surface area contributed by atoms with Crippen molar-refractivity contribution in [2.24, 2.45) is 0 Å². The molecule has 0 saturated heterocycles. The second-order valence-corrected chi connectivity index (χ2v) is 6.06. The molecule has 1 rings (SSSR count). The van der Waals surface area contributed by atoms with E-state index in [-0.39, 0.29) is 10.8 Å². The fraction of sp³-hybridized carbons (Fsp3) is 0.214. The van der Waals surface area contributed by atoms with Crippen molar-refractivity contribution in [3.05, 3.63) is 48.6 Å². The van der Waals surface area contributed by atoms with Gasteiger partial charge in [-0.15, -0.1) is 0 Å². The highest BCUT2D eigenvalue weighted by Gasteiger charge is 2.10. The molecule has 4 nitrogen and oxygen atoms in total. The molecule has 0 spiro atoms. The third-order valence-corrected chi connectivity index (χ3v) is 3.65. The zero-order valence-corrected chi connectivity index (χ0v) is 12.0. The average molecular weight is 279 g/mol. The van der Waals surface area contributed by atoms with Gasteiger partial charge in [0.2, 0.25) is 0 Å². The standard InChI is InChI=1S/C14H17NO3S/c1-4-5-6-7-14(16)15(2)12-8-10-13(11-9-12)19(3,17)18/h4-11H,1-3H3/b5-4+,7-6-. The molecule has 0 bridgehead atoms. The Balaban J connectivity index is 2.89. The topological polar surface area (TPSA) is 54.5 Å². The molecule has 1 aromatic carbocycles. The highest BCUT2D eigenvalue weighted by Crippen LogP contribution is 2.17. The lowest BCUT2D eigenvalue weighted by Crippen LogP contribution is -2.23. The Morgan fingerprint density at radius 1 is 1.16 bits per heavy atom. The highest BCUT2D eigenvalue weighted by molar-refractivity contribution is 7.90. The predicted octanol–water partition coefficient (Wildman–Crippen LogP) is 2.19. The van der Waals surface area contributed by atoms with Crippen molar-refractivity contribution in [3.8, 4) is 0 Å². The van der Waals surface area contributed by atoms with Crippen LogP contribution in [0.5, 0.6) is 0 Å². The molecule has 5 heteroatoms. The van der Waals surface area contributed by atoms with E-state index in [2.05, 4.69) is 0 Å². The van der Waals surface area contributed by atoms with E-state index < -0.39 is 9.84 Å². The average Bonchev–Trinajstić information content (AvgIpc) is 2.37. The fourth-order valence-corrected chi connectivity index (χ4v) is 2.04.